The molecule has 1 saturated heterocycles. The maximum Gasteiger partial charge on any atom is 0.247 e. The molecule has 1 aliphatic rings. The number of aliphatic hydroxyl groups excluding tert-OH is 3. The number of aromatic nitrogens is 4. The quantitative estimate of drug-likeness (QED) is 0.273. The van der Waals surface area contributed by atoms with Crippen molar-refractivity contribution in [2.45, 2.75) is 24.5 Å². The van der Waals surface area contributed by atoms with Crippen LogP contribution in [-0.2, 0) is 4.74 Å². The van der Waals surface area contributed by atoms with E-state index < -0.39 is 31.1 Å². The molecule has 1 aliphatic heterocycles. The summed E-state index contributed by atoms with van der Waals surface area (Å²) in [6.45, 7) is -0.439. The zero-order valence-corrected chi connectivity index (χ0v) is 15.0. The second-order valence-corrected chi connectivity index (χ2v) is 6.25. The van der Waals surface area contributed by atoms with Gasteiger partial charge >= 0.3 is 0 Å². The minimum atomic E-state index is -1.28. The van der Waals surface area contributed by atoms with E-state index in [0.29, 0.717) is 11.3 Å². The van der Waals surface area contributed by atoms with Gasteiger partial charge in [-0.2, -0.15) is 15.1 Å². The summed E-state index contributed by atoms with van der Waals surface area (Å²) in [6, 6.07) is 3.57. The van der Waals surface area contributed by atoms with Crippen molar-refractivity contribution in [1.29, 1.82) is 0 Å². The van der Waals surface area contributed by atoms with Crippen molar-refractivity contribution < 1.29 is 24.5 Å². The van der Waals surface area contributed by atoms with Crippen LogP contribution in [-0.4, -0.2) is 66.0 Å². The van der Waals surface area contributed by atoms with E-state index in [2.05, 4.69) is 25.5 Å². The molecule has 4 atom stereocenters. The molecule has 1 fully saturated rings. The van der Waals surface area contributed by atoms with Crippen LogP contribution in [0.5, 0.6) is 0 Å². The number of hydrogen-bond acceptors (Lipinski definition) is 11. The number of nitrogens with two attached hydrogens (primary N) is 1. The van der Waals surface area contributed by atoms with Crippen LogP contribution in [0.2, 0.25) is 0 Å². The van der Waals surface area contributed by atoms with Crippen molar-refractivity contribution in [3.63, 3.8) is 0 Å². The number of rotatable bonds is 6. The van der Waals surface area contributed by atoms with Gasteiger partial charge in [0.2, 0.25) is 5.95 Å². The number of furan rings is 1. The molecule has 0 aromatic carbocycles. The largest absolute Gasteiger partial charge is 0.465 e. The first-order valence-electron chi connectivity index (χ1n) is 8.70. The molecule has 0 bridgehead atoms. The Morgan fingerprint density at radius 3 is 2.90 bits per heavy atom. The summed E-state index contributed by atoms with van der Waals surface area (Å²) in [5.41, 5.74) is 9.17. The number of hydrazone groups is 1. The lowest BCUT2D eigenvalue weighted by atomic mass is 10.1. The molecule has 3 aromatic heterocycles. The molecule has 6 N–H and O–H groups in total. The van der Waals surface area contributed by atoms with Crippen LogP contribution in [0.4, 0.5) is 11.8 Å². The molecule has 29 heavy (non-hydrogen) atoms. The lowest BCUT2D eigenvalue weighted by Crippen LogP contribution is -2.33. The molecule has 0 radical (unpaired) electrons. The summed E-state index contributed by atoms with van der Waals surface area (Å²) in [4.78, 5) is 12.5. The van der Waals surface area contributed by atoms with E-state index in [4.69, 9.17) is 14.9 Å². The smallest absolute Gasteiger partial charge is 0.247 e. The third-order valence-corrected chi connectivity index (χ3v) is 4.37. The fourth-order valence-electron chi connectivity index (χ4n) is 2.95. The molecule has 4 rings (SSSR count). The average molecular weight is 401 g/mol. The Hall–Kier alpha value is -3.32. The van der Waals surface area contributed by atoms with Gasteiger partial charge < -0.3 is 30.2 Å². The first-order valence-corrected chi connectivity index (χ1v) is 8.70. The molecule has 12 heteroatoms. The number of anilines is 2. The minimum absolute atomic E-state index is 0.101. The summed E-state index contributed by atoms with van der Waals surface area (Å²) >= 11 is 0. The summed E-state index contributed by atoms with van der Waals surface area (Å²) < 4.78 is 12.1. The number of nitrogen functional groups attached to an aromatic ring is 1. The van der Waals surface area contributed by atoms with Gasteiger partial charge in [0.15, 0.2) is 17.7 Å². The number of nitrogens with zero attached hydrogens (tertiary/aromatic N) is 5. The highest BCUT2D eigenvalue weighted by Gasteiger charge is 2.44. The van der Waals surface area contributed by atoms with Crippen LogP contribution in [0.3, 0.4) is 0 Å². The number of ether oxygens (including phenoxy) is 1. The molecule has 4 heterocycles. The molecule has 3 aromatic rings. The van der Waals surface area contributed by atoms with Gasteiger partial charge in [-0.1, -0.05) is 0 Å². The van der Waals surface area contributed by atoms with Crippen LogP contribution in [0, 0.1) is 0 Å². The molecular weight excluding hydrogens is 382 g/mol. The monoisotopic (exact) mass is 401 g/mol. The lowest BCUT2D eigenvalue weighted by molar-refractivity contribution is -0.0511. The van der Waals surface area contributed by atoms with E-state index in [1.165, 1.54) is 17.1 Å². The fraction of sp³-hybridized carbons (Fsp3) is 0.294. The zero-order valence-electron chi connectivity index (χ0n) is 15.0. The van der Waals surface area contributed by atoms with Gasteiger partial charge in [0, 0.05) is 6.21 Å². The number of imidazole rings is 1. The van der Waals surface area contributed by atoms with Crippen molar-refractivity contribution in [2.75, 3.05) is 17.8 Å². The summed E-state index contributed by atoms with van der Waals surface area (Å²) in [6.07, 6.45) is 3.37. The Kier molecular flexibility index (Phi) is 5.22. The van der Waals surface area contributed by atoms with Gasteiger partial charge in [0.05, 0.1) is 19.2 Å². The number of hydrogen-bond donors (Lipinski definition) is 5. The Balaban J connectivity index is 1.55. The minimum Gasteiger partial charge on any atom is -0.465 e. The van der Waals surface area contributed by atoms with Crippen molar-refractivity contribution >= 4 is 35.2 Å². The summed E-state index contributed by atoms with van der Waals surface area (Å²) in [5, 5.41) is 33.5. The molecule has 0 spiro atoms. The first kappa shape index (κ1) is 19.0. The summed E-state index contributed by atoms with van der Waals surface area (Å²) in [7, 11) is 0. The summed E-state index contributed by atoms with van der Waals surface area (Å²) in [5.74, 6) is 0.885. The highest BCUT2D eigenvalue weighted by Crippen LogP contribution is 2.32. The van der Waals surface area contributed by atoms with Crippen molar-refractivity contribution in [3.05, 3.63) is 36.6 Å². The highest BCUT2D eigenvalue weighted by molar-refractivity contribution is 5.83. The molecule has 152 valence electrons. The fourth-order valence-corrected chi connectivity index (χ4v) is 2.95. The third-order valence-electron chi connectivity index (χ3n) is 4.37. The Morgan fingerprint density at radius 2 is 2.17 bits per heavy atom. The van der Waals surface area contributed by atoms with E-state index in [9.17, 15) is 15.3 Å². The van der Waals surface area contributed by atoms with Crippen LogP contribution in [0.1, 0.15) is 12.0 Å². The van der Waals surface area contributed by atoms with Gasteiger partial charge in [-0.05, 0) is 24.3 Å². The maximum absolute atomic E-state index is 10.2. The van der Waals surface area contributed by atoms with E-state index in [0.717, 1.165) is 0 Å². The van der Waals surface area contributed by atoms with E-state index in [-0.39, 0.29) is 17.4 Å². The molecule has 4 unspecified atom stereocenters. The normalized spacial score (nSPS) is 24.9. The highest BCUT2D eigenvalue weighted by atomic mass is 16.6. The van der Waals surface area contributed by atoms with Gasteiger partial charge in [-0.3, -0.25) is 4.57 Å². The van der Waals surface area contributed by atoms with Gasteiger partial charge in [-0.25, -0.2) is 10.4 Å². The zero-order chi connectivity index (χ0) is 20.4. The van der Waals surface area contributed by atoms with Crippen LogP contribution in [0.25, 0.3) is 17.2 Å². The molecule has 0 saturated carbocycles. The van der Waals surface area contributed by atoms with E-state index >= 15 is 0 Å². The Labute approximate surface area is 164 Å². The number of aliphatic hydroxyl groups is 3. The van der Waals surface area contributed by atoms with Crippen molar-refractivity contribution in [3.8, 4) is 0 Å². The number of nitrogens with one attached hydrogen (secondary N) is 1. The first-order chi connectivity index (χ1) is 14.1. The average Bonchev–Trinajstić information content (AvgIpc) is 3.43. The van der Waals surface area contributed by atoms with E-state index in [1.54, 1.807) is 30.5 Å². The van der Waals surface area contributed by atoms with Crippen LogP contribution in [0.15, 0.2) is 40.3 Å². The van der Waals surface area contributed by atoms with E-state index in [1.807, 2.05) is 0 Å². The van der Waals surface area contributed by atoms with Crippen molar-refractivity contribution in [1.82, 2.24) is 19.5 Å². The second-order valence-electron chi connectivity index (χ2n) is 6.25. The lowest BCUT2D eigenvalue weighted by Gasteiger charge is -2.16. The Bertz CT molecular complexity index is 1030. The third kappa shape index (κ3) is 3.69. The second kappa shape index (κ2) is 7.97. The standard InChI is InChI=1S/C17H19N7O5/c18-14-11-15(24(8-19-11)16-13(27)12(26)10(7-25)29-16)22-17(21-14)23-20-5-1-3-9-4-2-6-28-9/h1-6,8,10,12-13,16,25-27H,7H2,(H3,18,21,22,23)/b3-1+,20-5+. The topological polar surface area (TPSA) is 177 Å². The van der Waals surface area contributed by atoms with Gasteiger partial charge in [0.25, 0.3) is 0 Å². The van der Waals surface area contributed by atoms with Crippen LogP contribution < -0.4 is 11.2 Å². The molecule has 0 amide bonds. The predicted molar refractivity (Wildman–Crippen MR) is 103 cm³/mol. The predicted octanol–water partition coefficient (Wildman–Crippen LogP) is -0.276. The molecule has 12 nitrogen and oxygen atoms in total. The molecular formula is C17H19N7O5. The maximum atomic E-state index is 10.2. The van der Waals surface area contributed by atoms with Crippen LogP contribution >= 0.6 is 0 Å². The van der Waals surface area contributed by atoms with Gasteiger partial charge in [-0.15, -0.1) is 0 Å². The molecule has 0 aliphatic carbocycles. The van der Waals surface area contributed by atoms with Gasteiger partial charge in [0.1, 0.15) is 29.6 Å². The number of fused-ring (bicyclic) bond motifs is 1. The SMILES string of the molecule is Nc1nc(N/N=C/C=C/c2ccco2)nc2c1ncn2C1OC(CO)C(O)C1O. The Morgan fingerprint density at radius 1 is 1.31 bits per heavy atom. The van der Waals surface area contributed by atoms with Crippen molar-refractivity contribution in [2.24, 2.45) is 5.10 Å². The number of allylic oxidation sites excluding steroid dienone is 1.